The maximum Gasteiger partial charge on any atom is 0.0950 e. The van der Waals surface area contributed by atoms with Crippen molar-refractivity contribution in [2.24, 2.45) is 7.05 Å². The predicted molar refractivity (Wildman–Crippen MR) is 65.3 cm³/mol. The average Bonchev–Trinajstić information content (AvgIpc) is 2.75. The minimum Gasteiger partial charge on any atom is -0.385 e. The van der Waals surface area contributed by atoms with Crippen LogP contribution < -0.4 is 0 Å². The van der Waals surface area contributed by atoms with Crippen LogP contribution in [-0.4, -0.2) is 20.1 Å². The first-order valence-corrected chi connectivity index (χ1v) is 5.77. The summed E-state index contributed by atoms with van der Waals surface area (Å²) in [7, 11) is 1.82. The molecule has 1 heterocycles. The van der Waals surface area contributed by atoms with Crippen LogP contribution in [0.25, 0.3) is 0 Å². The second kappa shape index (κ2) is 4.67. The van der Waals surface area contributed by atoms with Gasteiger partial charge in [0.1, 0.15) is 0 Å². The SMILES string of the molecule is CCC(O)(Cc1cn(C)nn1)c1ccccc1. The van der Waals surface area contributed by atoms with E-state index < -0.39 is 5.60 Å². The van der Waals surface area contributed by atoms with Crippen molar-refractivity contribution in [3.05, 3.63) is 47.8 Å². The zero-order chi connectivity index (χ0) is 12.3. The van der Waals surface area contributed by atoms with Crippen LogP contribution in [0.5, 0.6) is 0 Å². The summed E-state index contributed by atoms with van der Waals surface area (Å²) in [6, 6.07) is 9.71. The van der Waals surface area contributed by atoms with Gasteiger partial charge in [-0.3, -0.25) is 4.68 Å². The van der Waals surface area contributed by atoms with Gasteiger partial charge in [0.05, 0.1) is 11.3 Å². The molecule has 0 spiro atoms. The first-order chi connectivity index (χ1) is 8.14. The van der Waals surface area contributed by atoms with Crippen LogP contribution >= 0.6 is 0 Å². The number of nitrogens with zero attached hydrogens (tertiary/aromatic N) is 3. The molecule has 2 rings (SSSR count). The van der Waals surface area contributed by atoms with E-state index in [0.717, 1.165) is 11.3 Å². The highest BCUT2D eigenvalue weighted by Gasteiger charge is 2.28. The topological polar surface area (TPSA) is 50.9 Å². The molecule has 0 bridgehead atoms. The lowest BCUT2D eigenvalue weighted by Crippen LogP contribution is -2.27. The summed E-state index contributed by atoms with van der Waals surface area (Å²) in [6.45, 7) is 1.98. The molecule has 4 nitrogen and oxygen atoms in total. The summed E-state index contributed by atoms with van der Waals surface area (Å²) in [6.07, 6.45) is 2.97. The number of aryl methyl sites for hydroxylation is 1. The van der Waals surface area contributed by atoms with Gasteiger partial charge in [-0.05, 0) is 12.0 Å². The van der Waals surface area contributed by atoms with Crippen LogP contribution in [0.1, 0.15) is 24.6 Å². The molecule has 4 heteroatoms. The average molecular weight is 231 g/mol. The van der Waals surface area contributed by atoms with Gasteiger partial charge in [0, 0.05) is 19.7 Å². The fourth-order valence-corrected chi connectivity index (χ4v) is 1.96. The third kappa shape index (κ3) is 2.53. The second-order valence-electron chi connectivity index (χ2n) is 4.31. The predicted octanol–water partition coefficient (Wildman–Crippen LogP) is 1.66. The first-order valence-electron chi connectivity index (χ1n) is 5.77. The third-order valence-corrected chi connectivity index (χ3v) is 3.02. The normalized spacial score (nSPS) is 14.5. The van der Waals surface area contributed by atoms with Crippen molar-refractivity contribution >= 4 is 0 Å². The largest absolute Gasteiger partial charge is 0.385 e. The Balaban J connectivity index is 2.26. The Morgan fingerprint density at radius 3 is 2.53 bits per heavy atom. The lowest BCUT2D eigenvalue weighted by molar-refractivity contribution is 0.0317. The number of benzene rings is 1. The van der Waals surface area contributed by atoms with Crippen molar-refractivity contribution in [3.63, 3.8) is 0 Å². The van der Waals surface area contributed by atoms with Crippen molar-refractivity contribution < 1.29 is 5.11 Å². The Morgan fingerprint density at radius 1 is 1.29 bits per heavy atom. The second-order valence-corrected chi connectivity index (χ2v) is 4.31. The highest BCUT2D eigenvalue weighted by atomic mass is 16.3. The molecule has 0 saturated carbocycles. The molecule has 0 saturated heterocycles. The van der Waals surface area contributed by atoms with Crippen LogP contribution in [0, 0.1) is 0 Å². The summed E-state index contributed by atoms with van der Waals surface area (Å²) in [5.41, 5.74) is 0.867. The Hall–Kier alpha value is -1.68. The van der Waals surface area contributed by atoms with E-state index in [-0.39, 0.29) is 0 Å². The molecule has 1 unspecified atom stereocenters. The van der Waals surface area contributed by atoms with E-state index in [9.17, 15) is 5.11 Å². The molecule has 0 radical (unpaired) electrons. The van der Waals surface area contributed by atoms with E-state index in [1.165, 1.54) is 0 Å². The van der Waals surface area contributed by atoms with Crippen molar-refractivity contribution in [3.8, 4) is 0 Å². The van der Waals surface area contributed by atoms with Crippen LogP contribution in [-0.2, 0) is 19.1 Å². The molecule has 1 atom stereocenters. The van der Waals surface area contributed by atoms with Gasteiger partial charge in [-0.25, -0.2) is 0 Å². The lowest BCUT2D eigenvalue weighted by atomic mass is 9.87. The molecule has 1 aromatic carbocycles. The summed E-state index contributed by atoms with van der Waals surface area (Å²) >= 11 is 0. The van der Waals surface area contributed by atoms with E-state index in [2.05, 4.69) is 10.3 Å². The van der Waals surface area contributed by atoms with Gasteiger partial charge in [-0.2, -0.15) is 0 Å². The first kappa shape index (κ1) is 11.8. The van der Waals surface area contributed by atoms with Crippen LogP contribution in [0.15, 0.2) is 36.5 Å². The van der Waals surface area contributed by atoms with Gasteiger partial charge in [0.2, 0.25) is 0 Å². The van der Waals surface area contributed by atoms with E-state index >= 15 is 0 Å². The van der Waals surface area contributed by atoms with Gasteiger partial charge in [0.25, 0.3) is 0 Å². The highest BCUT2D eigenvalue weighted by Crippen LogP contribution is 2.28. The molecule has 0 fully saturated rings. The molecule has 0 aliphatic rings. The van der Waals surface area contributed by atoms with Crippen molar-refractivity contribution in [1.82, 2.24) is 15.0 Å². The highest BCUT2D eigenvalue weighted by molar-refractivity contribution is 5.23. The maximum absolute atomic E-state index is 10.7. The monoisotopic (exact) mass is 231 g/mol. The van der Waals surface area contributed by atoms with Crippen molar-refractivity contribution in [2.75, 3.05) is 0 Å². The standard InChI is InChI=1S/C13H17N3O/c1-3-13(17,11-7-5-4-6-8-11)9-12-10-16(2)15-14-12/h4-8,10,17H,3,9H2,1-2H3. The smallest absolute Gasteiger partial charge is 0.0950 e. The zero-order valence-corrected chi connectivity index (χ0v) is 10.2. The summed E-state index contributed by atoms with van der Waals surface area (Å²) < 4.78 is 1.65. The van der Waals surface area contributed by atoms with Gasteiger partial charge in [-0.15, -0.1) is 5.10 Å². The molecule has 2 aromatic rings. The Morgan fingerprint density at radius 2 is 2.00 bits per heavy atom. The van der Waals surface area contributed by atoms with E-state index in [4.69, 9.17) is 0 Å². The molecule has 1 aromatic heterocycles. The number of hydrogen-bond acceptors (Lipinski definition) is 3. The number of aromatic nitrogens is 3. The quantitative estimate of drug-likeness (QED) is 0.870. The Kier molecular flexibility index (Phi) is 3.24. The molecular formula is C13H17N3O. The van der Waals surface area contributed by atoms with Crippen molar-refractivity contribution in [2.45, 2.75) is 25.4 Å². The van der Waals surface area contributed by atoms with Crippen molar-refractivity contribution in [1.29, 1.82) is 0 Å². The number of aliphatic hydroxyl groups is 1. The van der Waals surface area contributed by atoms with Crippen LogP contribution in [0.3, 0.4) is 0 Å². The molecule has 0 aliphatic heterocycles. The zero-order valence-electron chi connectivity index (χ0n) is 10.2. The molecule has 90 valence electrons. The molecule has 0 aliphatic carbocycles. The summed E-state index contributed by atoms with van der Waals surface area (Å²) in [5.74, 6) is 0. The molecular weight excluding hydrogens is 214 g/mol. The summed E-state index contributed by atoms with van der Waals surface area (Å²) in [5, 5.41) is 18.6. The molecule has 1 N–H and O–H groups in total. The Bertz CT molecular complexity index is 480. The Labute approximate surface area is 101 Å². The minimum atomic E-state index is -0.864. The lowest BCUT2D eigenvalue weighted by Gasteiger charge is -2.26. The van der Waals surface area contributed by atoms with Crippen LogP contribution in [0.2, 0.25) is 0 Å². The van der Waals surface area contributed by atoms with Gasteiger partial charge in [0.15, 0.2) is 0 Å². The van der Waals surface area contributed by atoms with Crippen LogP contribution in [0.4, 0.5) is 0 Å². The fraction of sp³-hybridized carbons (Fsp3) is 0.385. The maximum atomic E-state index is 10.7. The fourth-order valence-electron chi connectivity index (χ4n) is 1.96. The molecule has 17 heavy (non-hydrogen) atoms. The minimum absolute atomic E-state index is 0.487. The van der Waals surface area contributed by atoms with Gasteiger partial charge >= 0.3 is 0 Å². The number of hydrogen-bond donors (Lipinski definition) is 1. The third-order valence-electron chi connectivity index (χ3n) is 3.02. The van der Waals surface area contributed by atoms with Gasteiger partial charge in [-0.1, -0.05) is 42.5 Å². The van der Waals surface area contributed by atoms with E-state index in [1.54, 1.807) is 4.68 Å². The molecule has 0 amide bonds. The van der Waals surface area contributed by atoms with E-state index in [0.29, 0.717) is 12.8 Å². The summed E-state index contributed by atoms with van der Waals surface area (Å²) in [4.78, 5) is 0. The van der Waals surface area contributed by atoms with E-state index in [1.807, 2.05) is 50.5 Å². The number of rotatable bonds is 4. The van der Waals surface area contributed by atoms with Gasteiger partial charge < -0.3 is 5.11 Å².